The van der Waals surface area contributed by atoms with Crippen LogP contribution in [0.2, 0.25) is 0 Å². The van der Waals surface area contributed by atoms with Gasteiger partial charge in [0.25, 0.3) is 0 Å². The van der Waals surface area contributed by atoms with Crippen LogP contribution >= 0.6 is 0 Å². The molecule has 6 nitrogen and oxygen atoms in total. The van der Waals surface area contributed by atoms with E-state index in [-0.39, 0.29) is 0 Å². The van der Waals surface area contributed by atoms with Gasteiger partial charge in [0.15, 0.2) is 5.96 Å². The van der Waals surface area contributed by atoms with E-state index in [1.165, 1.54) is 0 Å². The van der Waals surface area contributed by atoms with Gasteiger partial charge in [0.05, 0.1) is 12.3 Å². The number of aliphatic hydroxyl groups excluding tert-OH is 1. The van der Waals surface area contributed by atoms with E-state index in [2.05, 4.69) is 27.3 Å². The number of aliphatic hydroxyl groups is 1. The van der Waals surface area contributed by atoms with Crippen LogP contribution in [0.1, 0.15) is 11.7 Å². The molecular formula is C11H19N5O. The third-order valence-electron chi connectivity index (χ3n) is 2.21. The predicted molar refractivity (Wildman–Crippen MR) is 67.7 cm³/mol. The first-order chi connectivity index (χ1) is 8.17. The number of hydrogen-bond donors (Lipinski definition) is 3. The Morgan fingerprint density at radius 2 is 2.47 bits per heavy atom. The van der Waals surface area contributed by atoms with E-state index < -0.39 is 6.10 Å². The van der Waals surface area contributed by atoms with Crippen LogP contribution in [0.3, 0.4) is 0 Å². The van der Waals surface area contributed by atoms with Gasteiger partial charge in [-0.3, -0.25) is 9.67 Å². The van der Waals surface area contributed by atoms with Crippen molar-refractivity contribution in [2.24, 2.45) is 12.0 Å². The summed E-state index contributed by atoms with van der Waals surface area (Å²) in [4.78, 5) is 4.01. The van der Waals surface area contributed by atoms with Crippen molar-refractivity contribution in [2.45, 2.75) is 6.10 Å². The highest BCUT2D eigenvalue weighted by atomic mass is 16.3. The molecule has 0 aliphatic heterocycles. The minimum atomic E-state index is -0.606. The molecule has 0 spiro atoms. The molecule has 0 amide bonds. The van der Waals surface area contributed by atoms with Crippen LogP contribution in [-0.4, -0.2) is 41.0 Å². The molecule has 1 heterocycles. The van der Waals surface area contributed by atoms with Crippen molar-refractivity contribution in [3.05, 3.63) is 30.6 Å². The molecule has 0 aliphatic rings. The van der Waals surface area contributed by atoms with E-state index in [1.807, 2.05) is 7.05 Å². The van der Waals surface area contributed by atoms with Crippen molar-refractivity contribution in [1.82, 2.24) is 20.4 Å². The minimum absolute atomic E-state index is 0.377. The van der Waals surface area contributed by atoms with E-state index in [0.717, 1.165) is 5.56 Å². The molecule has 0 saturated heterocycles. The molecule has 0 aromatic carbocycles. The monoisotopic (exact) mass is 237 g/mol. The number of guanidine groups is 1. The Balaban J connectivity index is 2.41. The molecule has 3 N–H and O–H groups in total. The Morgan fingerprint density at radius 1 is 1.71 bits per heavy atom. The summed E-state index contributed by atoms with van der Waals surface area (Å²) in [5.41, 5.74) is 0.777. The van der Waals surface area contributed by atoms with E-state index in [0.29, 0.717) is 19.0 Å². The smallest absolute Gasteiger partial charge is 0.191 e. The van der Waals surface area contributed by atoms with Gasteiger partial charge in [-0.05, 0) is 0 Å². The largest absolute Gasteiger partial charge is 0.386 e. The maximum absolute atomic E-state index is 9.88. The van der Waals surface area contributed by atoms with E-state index in [1.54, 1.807) is 30.2 Å². The summed E-state index contributed by atoms with van der Waals surface area (Å²) in [6.45, 7) is 4.61. The number of aryl methyl sites for hydroxylation is 1. The average molecular weight is 237 g/mol. The molecule has 0 saturated carbocycles. The van der Waals surface area contributed by atoms with Crippen molar-refractivity contribution in [3.8, 4) is 0 Å². The lowest BCUT2D eigenvalue weighted by atomic mass is 10.2. The van der Waals surface area contributed by atoms with Crippen LogP contribution in [0.4, 0.5) is 0 Å². The van der Waals surface area contributed by atoms with Gasteiger partial charge in [-0.2, -0.15) is 5.10 Å². The molecule has 1 aromatic rings. The Bertz CT molecular complexity index is 385. The van der Waals surface area contributed by atoms with E-state index in [9.17, 15) is 5.11 Å². The van der Waals surface area contributed by atoms with Gasteiger partial charge in [-0.1, -0.05) is 6.08 Å². The van der Waals surface area contributed by atoms with Crippen molar-refractivity contribution in [2.75, 3.05) is 20.1 Å². The summed E-state index contributed by atoms with van der Waals surface area (Å²) in [5.74, 6) is 0.632. The van der Waals surface area contributed by atoms with Crippen LogP contribution in [0.5, 0.6) is 0 Å². The lowest BCUT2D eigenvalue weighted by Gasteiger charge is -2.13. The number of hydrogen-bond acceptors (Lipinski definition) is 3. The second-order valence-electron chi connectivity index (χ2n) is 3.59. The molecule has 1 atom stereocenters. The highest BCUT2D eigenvalue weighted by molar-refractivity contribution is 5.79. The molecule has 17 heavy (non-hydrogen) atoms. The molecule has 1 aromatic heterocycles. The predicted octanol–water partition coefficient (Wildman–Crippen LogP) is -0.196. The third kappa shape index (κ3) is 4.28. The molecule has 94 valence electrons. The highest BCUT2D eigenvalue weighted by Gasteiger charge is 2.09. The minimum Gasteiger partial charge on any atom is -0.386 e. The Labute approximate surface area is 101 Å². The normalized spacial score (nSPS) is 13.2. The van der Waals surface area contributed by atoms with Crippen LogP contribution in [0.25, 0.3) is 0 Å². The summed E-state index contributed by atoms with van der Waals surface area (Å²) < 4.78 is 1.66. The third-order valence-corrected chi connectivity index (χ3v) is 2.21. The molecule has 6 heteroatoms. The summed E-state index contributed by atoms with van der Waals surface area (Å²) in [6, 6.07) is 0. The maximum Gasteiger partial charge on any atom is 0.191 e. The summed E-state index contributed by atoms with van der Waals surface area (Å²) in [7, 11) is 3.49. The average Bonchev–Trinajstić information content (AvgIpc) is 2.76. The molecule has 1 rings (SSSR count). The number of aliphatic imine (C=N–C) groups is 1. The standard InChI is InChI=1S/C11H19N5O/c1-4-5-13-11(12-2)14-7-10(17)9-6-15-16(3)8-9/h4,6,8,10,17H,1,5,7H2,2-3H3,(H2,12,13,14). The maximum atomic E-state index is 9.88. The first-order valence-corrected chi connectivity index (χ1v) is 5.39. The summed E-state index contributed by atoms with van der Waals surface area (Å²) in [5, 5.41) is 19.9. The van der Waals surface area contributed by atoms with Gasteiger partial charge in [0.1, 0.15) is 0 Å². The first kappa shape index (κ1) is 13.2. The Morgan fingerprint density at radius 3 is 3.00 bits per heavy atom. The van der Waals surface area contributed by atoms with Crippen molar-refractivity contribution in [1.29, 1.82) is 0 Å². The molecule has 1 unspecified atom stereocenters. The van der Waals surface area contributed by atoms with Crippen LogP contribution < -0.4 is 10.6 Å². The van der Waals surface area contributed by atoms with Gasteiger partial charge in [0.2, 0.25) is 0 Å². The van der Waals surface area contributed by atoms with Crippen LogP contribution in [-0.2, 0) is 7.05 Å². The second kappa shape index (κ2) is 6.70. The fourth-order valence-electron chi connectivity index (χ4n) is 1.31. The number of nitrogens with zero attached hydrogens (tertiary/aromatic N) is 3. The molecule has 0 aliphatic carbocycles. The van der Waals surface area contributed by atoms with E-state index in [4.69, 9.17) is 0 Å². The van der Waals surface area contributed by atoms with Crippen molar-refractivity contribution < 1.29 is 5.11 Å². The summed E-state index contributed by atoms with van der Waals surface area (Å²) in [6.07, 6.45) is 4.56. The fourth-order valence-corrected chi connectivity index (χ4v) is 1.31. The van der Waals surface area contributed by atoms with Gasteiger partial charge >= 0.3 is 0 Å². The Kier molecular flexibility index (Phi) is 5.22. The van der Waals surface area contributed by atoms with Gasteiger partial charge < -0.3 is 15.7 Å². The zero-order chi connectivity index (χ0) is 12.7. The van der Waals surface area contributed by atoms with Crippen LogP contribution in [0.15, 0.2) is 30.0 Å². The quantitative estimate of drug-likeness (QED) is 0.377. The SMILES string of the molecule is C=CCNC(=NC)NCC(O)c1cnn(C)c1. The number of aromatic nitrogens is 2. The zero-order valence-corrected chi connectivity index (χ0v) is 10.2. The molecule has 0 fully saturated rings. The topological polar surface area (TPSA) is 74.5 Å². The number of nitrogens with one attached hydrogen (secondary N) is 2. The van der Waals surface area contributed by atoms with Gasteiger partial charge in [-0.25, -0.2) is 0 Å². The van der Waals surface area contributed by atoms with E-state index >= 15 is 0 Å². The zero-order valence-electron chi connectivity index (χ0n) is 10.2. The van der Waals surface area contributed by atoms with Crippen LogP contribution in [0, 0.1) is 0 Å². The summed E-state index contributed by atoms with van der Waals surface area (Å²) >= 11 is 0. The fraction of sp³-hybridized carbons (Fsp3) is 0.455. The lowest BCUT2D eigenvalue weighted by molar-refractivity contribution is 0.181. The first-order valence-electron chi connectivity index (χ1n) is 5.39. The van der Waals surface area contributed by atoms with Crippen molar-refractivity contribution >= 4 is 5.96 Å². The molecule has 0 bridgehead atoms. The second-order valence-corrected chi connectivity index (χ2v) is 3.59. The highest BCUT2D eigenvalue weighted by Crippen LogP contribution is 2.09. The van der Waals surface area contributed by atoms with Gasteiger partial charge in [0, 0.05) is 38.9 Å². The Hall–Kier alpha value is -1.82. The molecular weight excluding hydrogens is 218 g/mol. The molecule has 0 radical (unpaired) electrons. The lowest BCUT2D eigenvalue weighted by Crippen LogP contribution is -2.39. The van der Waals surface area contributed by atoms with Gasteiger partial charge in [-0.15, -0.1) is 6.58 Å². The van der Waals surface area contributed by atoms with Crippen molar-refractivity contribution in [3.63, 3.8) is 0 Å². The number of rotatable bonds is 5.